The van der Waals surface area contributed by atoms with Crippen molar-refractivity contribution in [2.75, 3.05) is 38.3 Å². The largest absolute Gasteiger partial charge is 0.378 e. The van der Waals surface area contributed by atoms with E-state index in [2.05, 4.69) is 49.3 Å². The maximum atomic E-state index is 5.52. The Hall–Kier alpha value is -1.06. The van der Waals surface area contributed by atoms with Crippen LogP contribution in [-0.4, -0.2) is 39.4 Å². The number of hydrogen-bond acceptors (Lipinski definition) is 3. The molecule has 1 aliphatic heterocycles. The Morgan fingerprint density at radius 3 is 2.94 bits per heavy atom. The maximum absolute atomic E-state index is 5.52. The van der Waals surface area contributed by atoms with Crippen molar-refractivity contribution in [1.29, 1.82) is 0 Å². The number of benzene rings is 1. The molecule has 100 valence electrons. The van der Waals surface area contributed by atoms with Gasteiger partial charge in [0.25, 0.3) is 0 Å². The molecule has 18 heavy (non-hydrogen) atoms. The van der Waals surface area contributed by atoms with E-state index < -0.39 is 0 Å². The second kappa shape index (κ2) is 6.21. The second-order valence-corrected chi connectivity index (χ2v) is 5.04. The number of aryl methyl sites for hydroxylation is 2. The molecule has 1 heterocycles. The molecular formula is C15H24N2O. The van der Waals surface area contributed by atoms with Gasteiger partial charge in [-0.1, -0.05) is 25.1 Å². The van der Waals surface area contributed by atoms with Crippen LogP contribution in [0.3, 0.4) is 0 Å². The molecule has 1 aromatic carbocycles. The first-order chi connectivity index (χ1) is 8.72. The minimum atomic E-state index is 0.438. The number of likely N-dealkylation sites (N-methyl/N-ethyl adjacent to an activating group) is 1. The Morgan fingerprint density at radius 1 is 1.44 bits per heavy atom. The third-order valence-electron chi connectivity index (χ3n) is 3.58. The van der Waals surface area contributed by atoms with E-state index in [1.807, 2.05) is 0 Å². The lowest BCUT2D eigenvalue weighted by atomic mass is 10.0. The van der Waals surface area contributed by atoms with Crippen LogP contribution in [-0.2, 0) is 11.2 Å². The lowest BCUT2D eigenvalue weighted by molar-refractivity contribution is 0.0791. The molecule has 1 aliphatic rings. The Morgan fingerprint density at radius 2 is 2.28 bits per heavy atom. The summed E-state index contributed by atoms with van der Waals surface area (Å²) in [5.74, 6) is 0. The molecular weight excluding hydrogens is 224 g/mol. The van der Waals surface area contributed by atoms with Crippen LogP contribution in [0.5, 0.6) is 0 Å². The first kappa shape index (κ1) is 13.4. The van der Waals surface area contributed by atoms with Crippen LogP contribution in [0, 0.1) is 6.92 Å². The molecule has 0 bridgehead atoms. The fourth-order valence-corrected chi connectivity index (χ4v) is 2.71. The molecule has 1 fully saturated rings. The molecule has 1 atom stereocenters. The van der Waals surface area contributed by atoms with Crippen molar-refractivity contribution < 1.29 is 4.74 Å². The number of hydrogen-bond donors (Lipinski definition) is 1. The molecule has 0 amide bonds. The molecule has 1 N–H and O–H groups in total. The highest BCUT2D eigenvalue weighted by molar-refractivity contribution is 5.59. The summed E-state index contributed by atoms with van der Waals surface area (Å²) in [4.78, 5) is 2.36. The molecule has 0 saturated carbocycles. The normalized spacial score (nSPS) is 19.8. The fraction of sp³-hybridized carbons (Fsp3) is 0.600. The van der Waals surface area contributed by atoms with E-state index in [1.54, 1.807) is 0 Å². The SMILES string of the molecule is CCc1cccc(C)c1N(C)CC1COCCN1. The van der Waals surface area contributed by atoms with E-state index in [0.29, 0.717) is 6.04 Å². The molecule has 0 aliphatic carbocycles. The zero-order valence-corrected chi connectivity index (χ0v) is 11.7. The van der Waals surface area contributed by atoms with Gasteiger partial charge < -0.3 is 15.0 Å². The Bertz CT molecular complexity index is 386. The first-order valence-electron chi connectivity index (χ1n) is 6.83. The summed E-state index contributed by atoms with van der Waals surface area (Å²) in [5, 5.41) is 3.51. The van der Waals surface area contributed by atoms with Gasteiger partial charge in [0.05, 0.1) is 13.2 Å². The summed E-state index contributed by atoms with van der Waals surface area (Å²) in [6, 6.07) is 7.00. The van der Waals surface area contributed by atoms with Crippen LogP contribution in [0.25, 0.3) is 0 Å². The van der Waals surface area contributed by atoms with Crippen molar-refractivity contribution in [1.82, 2.24) is 5.32 Å². The number of para-hydroxylation sites is 1. The van der Waals surface area contributed by atoms with Gasteiger partial charge in [-0.05, 0) is 24.5 Å². The van der Waals surface area contributed by atoms with E-state index in [4.69, 9.17) is 4.74 Å². The smallest absolute Gasteiger partial charge is 0.0637 e. The lowest BCUT2D eigenvalue weighted by Gasteiger charge is -2.31. The van der Waals surface area contributed by atoms with E-state index in [-0.39, 0.29) is 0 Å². The van der Waals surface area contributed by atoms with Crippen molar-refractivity contribution >= 4 is 5.69 Å². The van der Waals surface area contributed by atoms with Crippen LogP contribution in [0.1, 0.15) is 18.1 Å². The molecule has 1 aromatic rings. The molecule has 2 rings (SSSR count). The quantitative estimate of drug-likeness (QED) is 0.882. The monoisotopic (exact) mass is 248 g/mol. The number of ether oxygens (including phenoxy) is 1. The number of nitrogens with one attached hydrogen (secondary N) is 1. The summed E-state index contributed by atoms with van der Waals surface area (Å²) in [6.07, 6.45) is 1.08. The molecule has 1 unspecified atom stereocenters. The van der Waals surface area contributed by atoms with Gasteiger partial charge in [-0.3, -0.25) is 0 Å². The maximum Gasteiger partial charge on any atom is 0.0637 e. The Kier molecular flexibility index (Phi) is 4.61. The van der Waals surface area contributed by atoms with Gasteiger partial charge in [0.15, 0.2) is 0 Å². The standard InChI is InChI=1S/C15H24N2O/c1-4-13-7-5-6-12(2)15(13)17(3)10-14-11-18-9-8-16-14/h5-7,14,16H,4,8-11H2,1-3H3. The van der Waals surface area contributed by atoms with Gasteiger partial charge in [-0.2, -0.15) is 0 Å². The highest BCUT2D eigenvalue weighted by atomic mass is 16.5. The van der Waals surface area contributed by atoms with Gasteiger partial charge >= 0.3 is 0 Å². The summed E-state index contributed by atoms with van der Waals surface area (Å²) in [5.41, 5.74) is 4.16. The van der Waals surface area contributed by atoms with Crippen molar-refractivity contribution in [2.24, 2.45) is 0 Å². The van der Waals surface area contributed by atoms with Crippen LogP contribution in [0.2, 0.25) is 0 Å². The molecule has 0 spiro atoms. The Labute approximate surface area is 110 Å². The van der Waals surface area contributed by atoms with Gasteiger partial charge in [0.2, 0.25) is 0 Å². The van der Waals surface area contributed by atoms with Crippen molar-refractivity contribution in [3.05, 3.63) is 29.3 Å². The van der Waals surface area contributed by atoms with E-state index in [0.717, 1.165) is 32.7 Å². The zero-order valence-electron chi connectivity index (χ0n) is 11.7. The summed E-state index contributed by atoms with van der Waals surface area (Å²) in [7, 11) is 2.18. The zero-order chi connectivity index (χ0) is 13.0. The average Bonchev–Trinajstić information content (AvgIpc) is 2.39. The topological polar surface area (TPSA) is 24.5 Å². The van der Waals surface area contributed by atoms with Gasteiger partial charge in [0, 0.05) is 31.9 Å². The summed E-state index contributed by atoms with van der Waals surface area (Å²) in [6.45, 7) is 8.02. The summed E-state index contributed by atoms with van der Waals surface area (Å²) >= 11 is 0. The van der Waals surface area contributed by atoms with Crippen molar-refractivity contribution in [2.45, 2.75) is 26.3 Å². The highest BCUT2D eigenvalue weighted by Crippen LogP contribution is 2.24. The minimum Gasteiger partial charge on any atom is -0.378 e. The molecule has 1 saturated heterocycles. The van der Waals surface area contributed by atoms with Gasteiger partial charge in [-0.25, -0.2) is 0 Å². The predicted octanol–water partition coefficient (Wildman–Crippen LogP) is 1.98. The number of morpholine rings is 1. The first-order valence-corrected chi connectivity index (χ1v) is 6.83. The third-order valence-corrected chi connectivity index (χ3v) is 3.58. The van der Waals surface area contributed by atoms with Crippen LogP contribution in [0.4, 0.5) is 5.69 Å². The lowest BCUT2D eigenvalue weighted by Crippen LogP contribution is -2.47. The summed E-state index contributed by atoms with van der Waals surface area (Å²) < 4.78 is 5.52. The molecule has 0 radical (unpaired) electrons. The second-order valence-electron chi connectivity index (χ2n) is 5.04. The number of nitrogens with zero attached hydrogens (tertiary/aromatic N) is 1. The van der Waals surface area contributed by atoms with Gasteiger partial charge in [0.1, 0.15) is 0 Å². The van der Waals surface area contributed by atoms with Crippen LogP contribution in [0.15, 0.2) is 18.2 Å². The van der Waals surface area contributed by atoms with E-state index in [9.17, 15) is 0 Å². The van der Waals surface area contributed by atoms with Crippen LogP contribution < -0.4 is 10.2 Å². The van der Waals surface area contributed by atoms with Crippen molar-refractivity contribution in [3.8, 4) is 0 Å². The van der Waals surface area contributed by atoms with E-state index in [1.165, 1.54) is 16.8 Å². The van der Waals surface area contributed by atoms with Crippen LogP contribution >= 0.6 is 0 Å². The molecule has 3 nitrogen and oxygen atoms in total. The molecule has 3 heteroatoms. The van der Waals surface area contributed by atoms with E-state index >= 15 is 0 Å². The highest BCUT2D eigenvalue weighted by Gasteiger charge is 2.17. The average molecular weight is 248 g/mol. The fourth-order valence-electron chi connectivity index (χ4n) is 2.71. The van der Waals surface area contributed by atoms with Crippen molar-refractivity contribution in [3.63, 3.8) is 0 Å². The number of rotatable bonds is 4. The minimum absolute atomic E-state index is 0.438. The Balaban J connectivity index is 2.09. The molecule has 0 aromatic heterocycles. The third kappa shape index (κ3) is 3.03. The van der Waals surface area contributed by atoms with Gasteiger partial charge in [-0.15, -0.1) is 0 Å². The number of anilines is 1. The predicted molar refractivity (Wildman–Crippen MR) is 76.4 cm³/mol.